The summed E-state index contributed by atoms with van der Waals surface area (Å²) < 4.78 is 78.8. The maximum atomic E-state index is 14.0. The molecule has 0 saturated carbocycles. The zero-order valence-corrected chi connectivity index (χ0v) is 16.8. The van der Waals surface area contributed by atoms with Crippen molar-refractivity contribution in [2.45, 2.75) is 26.6 Å². The minimum atomic E-state index is -2.30. The molecule has 0 aliphatic carbocycles. The van der Waals surface area contributed by atoms with Gasteiger partial charge in [0.05, 0.1) is 6.07 Å². The maximum Gasteiger partial charge on any atom is 0.207 e. The highest BCUT2D eigenvalue weighted by Gasteiger charge is 2.27. The van der Waals surface area contributed by atoms with Crippen molar-refractivity contribution in [3.05, 3.63) is 87.7 Å². The van der Waals surface area contributed by atoms with Gasteiger partial charge in [-0.3, -0.25) is 0 Å². The van der Waals surface area contributed by atoms with Crippen LogP contribution in [0.15, 0.2) is 36.4 Å². The molecular formula is C23H16F5NO3. The van der Waals surface area contributed by atoms with Crippen LogP contribution in [0.3, 0.4) is 0 Å². The number of aliphatic hydroxyl groups is 1. The molecule has 0 radical (unpaired) electrons. The molecule has 0 heterocycles. The first-order valence-electron chi connectivity index (χ1n) is 9.24. The van der Waals surface area contributed by atoms with E-state index in [1.165, 1.54) is 12.1 Å². The fourth-order valence-corrected chi connectivity index (χ4v) is 3.08. The van der Waals surface area contributed by atoms with Crippen LogP contribution in [0.25, 0.3) is 0 Å². The first-order valence-corrected chi connectivity index (χ1v) is 9.24. The third-order valence-corrected chi connectivity index (χ3v) is 4.70. The normalized spacial score (nSPS) is 11.7. The summed E-state index contributed by atoms with van der Waals surface area (Å²) in [4.78, 5) is 0. The average molecular weight is 449 g/mol. The lowest BCUT2D eigenvalue weighted by atomic mass is 10.0. The Kier molecular flexibility index (Phi) is 6.65. The lowest BCUT2D eigenvalue weighted by Gasteiger charge is -2.17. The molecule has 9 heteroatoms. The van der Waals surface area contributed by atoms with Crippen LogP contribution in [0.5, 0.6) is 17.2 Å². The Hall–Kier alpha value is -3.64. The smallest absolute Gasteiger partial charge is 0.207 e. The summed E-state index contributed by atoms with van der Waals surface area (Å²) >= 11 is 0. The molecular weight excluding hydrogens is 433 g/mol. The van der Waals surface area contributed by atoms with Gasteiger partial charge in [-0.1, -0.05) is 24.3 Å². The quantitative estimate of drug-likeness (QED) is 0.219. The van der Waals surface area contributed by atoms with E-state index in [9.17, 15) is 27.1 Å². The van der Waals surface area contributed by atoms with Crippen LogP contribution in [0.1, 0.15) is 28.4 Å². The number of benzene rings is 3. The Morgan fingerprint density at radius 3 is 2.00 bits per heavy atom. The van der Waals surface area contributed by atoms with E-state index in [0.29, 0.717) is 5.75 Å². The van der Waals surface area contributed by atoms with E-state index in [0.717, 1.165) is 17.2 Å². The molecule has 1 unspecified atom stereocenters. The van der Waals surface area contributed by atoms with Crippen molar-refractivity contribution < 1.29 is 36.5 Å². The predicted octanol–water partition coefficient (Wildman–Crippen LogP) is 5.93. The summed E-state index contributed by atoms with van der Waals surface area (Å²) in [6.45, 7) is 3.46. The highest BCUT2D eigenvalue weighted by molar-refractivity contribution is 5.43. The van der Waals surface area contributed by atoms with Crippen LogP contribution >= 0.6 is 0 Å². The molecule has 0 aliphatic rings. The van der Waals surface area contributed by atoms with Gasteiger partial charge in [-0.05, 0) is 42.7 Å². The van der Waals surface area contributed by atoms with Crippen molar-refractivity contribution in [3.8, 4) is 23.3 Å². The Morgan fingerprint density at radius 1 is 0.875 bits per heavy atom. The van der Waals surface area contributed by atoms with Gasteiger partial charge in [0, 0.05) is 5.56 Å². The van der Waals surface area contributed by atoms with Crippen molar-refractivity contribution in [2.75, 3.05) is 0 Å². The van der Waals surface area contributed by atoms with Crippen LogP contribution in [0, 0.1) is 54.3 Å². The Bertz CT molecular complexity index is 1170. The fourth-order valence-electron chi connectivity index (χ4n) is 3.08. The highest BCUT2D eigenvalue weighted by atomic mass is 19.2. The van der Waals surface area contributed by atoms with E-state index < -0.39 is 40.9 Å². The van der Waals surface area contributed by atoms with Gasteiger partial charge in [0.25, 0.3) is 0 Å². The number of para-hydroxylation sites is 1. The standard InChI is InChI=1S/C23H16F5NO3/c1-11-4-3-5-12(2)22(11)31-10-13-8-14(6-7-15(13)16(30)9-29)32-23-20(27)18(25)17(24)19(26)21(23)28/h3-8,16,30H,10H2,1-2H3. The van der Waals surface area contributed by atoms with Crippen molar-refractivity contribution >= 4 is 0 Å². The topological polar surface area (TPSA) is 62.5 Å². The van der Waals surface area contributed by atoms with Gasteiger partial charge in [0.1, 0.15) is 18.1 Å². The predicted molar refractivity (Wildman–Crippen MR) is 104 cm³/mol. The largest absolute Gasteiger partial charge is 0.488 e. The highest BCUT2D eigenvalue weighted by Crippen LogP contribution is 2.34. The van der Waals surface area contributed by atoms with Gasteiger partial charge in [0.15, 0.2) is 6.10 Å². The van der Waals surface area contributed by atoms with E-state index >= 15 is 0 Å². The number of halogens is 5. The molecule has 4 nitrogen and oxygen atoms in total. The third kappa shape index (κ3) is 4.36. The van der Waals surface area contributed by atoms with Gasteiger partial charge in [-0.25, -0.2) is 13.2 Å². The van der Waals surface area contributed by atoms with Gasteiger partial charge in [-0.15, -0.1) is 0 Å². The summed E-state index contributed by atoms with van der Waals surface area (Å²) in [5.74, 6) is -12.1. The first kappa shape index (κ1) is 23.0. The zero-order valence-electron chi connectivity index (χ0n) is 16.8. The SMILES string of the molecule is Cc1cccc(C)c1OCc1cc(Oc2c(F)c(F)c(F)c(F)c2F)ccc1C(O)C#N. The molecule has 0 amide bonds. The van der Waals surface area contributed by atoms with Gasteiger partial charge >= 0.3 is 0 Å². The molecule has 166 valence electrons. The number of nitriles is 1. The van der Waals surface area contributed by atoms with Crippen molar-refractivity contribution in [1.29, 1.82) is 5.26 Å². The van der Waals surface area contributed by atoms with Crippen LogP contribution in [-0.2, 0) is 6.61 Å². The minimum absolute atomic E-state index is 0.128. The number of aliphatic hydroxyl groups excluding tert-OH is 1. The minimum Gasteiger partial charge on any atom is -0.488 e. The number of ether oxygens (including phenoxy) is 2. The zero-order chi connectivity index (χ0) is 23.6. The lowest BCUT2D eigenvalue weighted by molar-refractivity contribution is 0.229. The summed E-state index contributed by atoms with van der Waals surface area (Å²) in [7, 11) is 0. The van der Waals surface area contributed by atoms with Crippen LogP contribution < -0.4 is 9.47 Å². The van der Waals surface area contributed by atoms with Crippen molar-refractivity contribution in [2.24, 2.45) is 0 Å². The maximum absolute atomic E-state index is 14.0. The van der Waals surface area contributed by atoms with Gasteiger partial charge in [-0.2, -0.15) is 14.0 Å². The molecule has 1 N–H and O–H groups in total. The van der Waals surface area contributed by atoms with Crippen LogP contribution in [0.4, 0.5) is 22.0 Å². The van der Waals surface area contributed by atoms with E-state index in [1.807, 2.05) is 32.0 Å². The number of nitrogens with zero attached hydrogens (tertiary/aromatic N) is 1. The Morgan fingerprint density at radius 2 is 1.44 bits per heavy atom. The molecule has 0 aliphatic heterocycles. The number of hydrogen-bond acceptors (Lipinski definition) is 4. The monoisotopic (exact) mass is 449 g/mol. The van der Waals surface area contributed by atoms with Crippen molar-refractivity contribution in [1.82, 2.24) is 0 Å². The van der Waals surface area contributed by atoms with E-state index in [-0.39, 0.29) is 23.5 Å². The molecule has 32 heavy (non-hydrogen) atoms. The summed E-state index contributed by atoms with van der Waals surface area (Å²) in [6.07, 6.45) is -1.55. The van der Waals surface area contributed by atoms with E-state index in [1.54, 1.807) is 6.07 Å². The first-order chi connectivity index (χ1) is 15.1. The molecule has 3 aromatic carbocycles. The second-order valence-electron chi connectivity index (χ2n) is 6.90. The lowest BCUT2D eigenvalue weighted by Crippen LogP contribution is -2.07. The molecule has 0 saturated heterocycles. The molecule has 1 atom stereocenters. The number of aryl methyl sites for hydroxylation is 2. The van der Waals surface area contributed by atoms with Gasteiger partial charge < -0.3 is 14.6 Å². The summed E-state index contributed by atoms with van der Waals surface area (Å²) in [6, 6.07) is 10.7. The van der Waals surface area contributed by atoms with Crippen LogP contribution in [-0.4, -0.2) is 5.11 Å². The Labute approximate surface area is 180 Å². The summed E-state index contributed by atoms with van der Waals surface area (Å²) in [5.41, 5.74) is 1.98. The average Bonchev–Trinajstić information content (AvgIpc) is 2.78. The molecule has 0 aromatic heterocycles. The second-order valence-corrected chi connectivity index (χ2v) is 6.90. The molecule has 3 aromatic rings. The van der Waals surface area contributed by atoms with Crippen LogP contribution in [0.2, 0.25) is 0 Å². The van der Waals surface area contributed by atoms with E-state index in [2.05, 4.69) is 0 Å². The summed E-state index contributed by atoms with van der Waals surface area (Å²) in [5, 5.41) is 19.0. The van der Waals surface area contributed by atoms with Gasteiger partial charge in [0.2, 0.25) is 34.8 Å². The second kappa shape index (κ2) is 9.24. The molecule has 3 rings (SSSR count). The van der Waals surface area contributed by atoms with E-state index in [4.69, 9.17) is 14.7 Å². The molecule has 0 spiro atoms. The number of rotatable bonds is 6. The third-order valence-electron chi connectivity index (χ3n) is 4.70. The molecule has 0 fully saturated rings. The van der Waals surface area contributed by atoms with Crippen molar-refractivity contribution in [3.63, 3.8) is 0 Å². The number of hydrogen-bond donors (Lipinski definition) is 1. The fraction of sp³-hybridized carbons (Fsp3) is 0.174. The Balaban J connectivity index is 1.99. The molecule has 0 bridgehead atoms.